The van der Waals surface area contributed by atoms with Crippen LogP contribution in [0.4, 0.5) is 0 Å². The lowest BCUT2D eigenvalue weighted by Gasteiger charge is -2.20. The minimum Gasteiger partial charge on any atom is -0.491 e. The van der Waals surface area contributed by atoms with Crippen LogP contribution in [0.1, 0.15) is 38.5 Å². The molecule has 10 heteroatoms. The molecule has 4 N–H and O–H groups in total. The summed E-state index contributed by atoms with van der Waals surface area (Å²) in [5, 5.41) is 11.1. The Morgan fingerprint density at radius 2 is 2.00 bits per heavy atom. The Morgan fingerprint density at radius 1 is 1.32 bits per heavy atom. The van der Waals surface area contributed by atoms with E-state index in [9.17, 15) is 9.59 Å². The number of amides is 1. The topological polar surface area (TPSA) is 127 Å². The van der Waals surface area contributed by atoms with E-state index in [2.05, 4.69) is 10.3 Å². The fourth-order valence-electron chi connectivity index (χ4n) is 3.12. The molecular weight excluding hydrogens is 440 g/mol. The number of thiazole rings is 1. The highest BCUT2D eigenvalue weighted by atomic mass is 35.5. The molecule has 1 aromatic heterocycles. The number of benzene rings is 1. The Labute approximate surface area is 191 Å². The Bertz CT molecular complexity index is 940. The minimum atomic E-state index is -0.562. The molecule has 1 aliphatic heterocycles. The van der Waals surface area contributed by atoms with Crippen molar-refractivity contribution >= 4 is 41.5 Å². The summed E-state index contributed by atoms with van der Waals surface area (Å²) in [6, 6.07) is 7.28. The van der Waals surface area contributed by atoms with Gasteiger partial charge in [-0.2, -0.15) is 0 Å². The molecule has 0 bridgehead atoms. The maximum atomic E-state index is 12.1. The quantitative estimate of drug-likeness (QED) is 0.327. The van der Waals surface area contributed by atoms with Gasteiger partial charge in [0.2, 0.25) is 5.91 Å². The summed E-state index contributed by atoms with van der Waals surface area (Å²) in [5.74, 6) is -0.227. The lowest BCUT2D eigenvalue weighted by molar-refractivity contribution is -0.156. The molecule has 1 aliphatic rings. The van der Waals surface area contributed by atoms with Crippen LogP contribution in [0.2, 0.25) is 0 Å². The van der Waals surface area contributed by atoms with E-state index < -0.39 is 11.5 Å². The number of nitrogens with two attached hydrogens (primary N) is 1. The van der Waals surface area contributed by atoms with Crippen molar-refractivity contribution in [3.63, 3.8) is 0 Å². The van der Waals surface area contributed by atoms with Gasteiger partial charge in [0, 0.05) is 11.8 Å². The van der Waals surface area contributed by atoms with Crippen molar-refractivity contribution in [3.05, 3.63) is 35.3 Å². The van der Waals surface area contributed by atoms with Crippen molar-refractivity contribution in [2.75, 3.05) is 6.61 Å². The number of carbonyl (C=O) groups excluding carboxylic acids is 2. The lowest BCUT2D eigenvalue weighted by atomic mass is 10.0. The number of hydrogen-bond donors (Lipinski definition) is 3. The monoisotopic (exact) mass is 466 g/mol. The van der Waals surface area contributed by atoms with Gasteiger partial charge in [-0.25, -0.2) is 4.98 Å². The lowest BCUT2D eigenvalue weighted by Crippen LogP contribution is -2.31. The zero-order valence-electron chi connectivity index (χ0n) is 17.6. The molecule has 8 nitrogen and oxygen atoms in total. The Morgan fingerprint density at radius 3 is 2.58 bits per heavy atom. The molecule has 0 aliphatic carbocycles. The standard InChI is InChI=1S/C21H26N4O4S.ClH/c1-21(2,3)29-17(26)9-13-8-14(25-19(13)27)11-28-15-6-4-12(5-7-15)20-24-10-16(30-20)18(22)23;/h4-7,10,13-14H,8-9,11H2,1-3H3,(H3,22,23)(H,25,27);1H/t13-,14-;/m0./s1. The molecule has 168 valence electrons. The van der Waals surface area contributed by atoms with Crippen LogP contribution in [-0.2, 0) is 14.3 Å². The molecule has 0 unspecified atom stereocenters. The van der Waals surface area contributed by atoms with Gasteiger partial charge in [-0.05, 0) is 51.5 Å². The molecule has 31 heavy (non-hydrogen) atoms. The smallest absolute Gasteiger partial charge is 0.307 e. The second-order valence-corrected chi connectivity index (χ2v) is 9.24. The van der Waals surface area contributed by atoms with E-state index in [-0.39, 0.29) is 42.6 Å². The average Bonchev–Trinajstić information content (AvgIpc) is 3.26. The number of hydrogen-bond acceptors (Lipinski definition) is 7. The number of halogens is 1. The number of esters is 1. The molecule has 0 spiro atoms. The largest absolute Gasteiger partial charge is 0.491 e. The third-order valence-corrected chi connectivity index (χ3v) is 5.52. The van der Waals surface area contributed by atoms with Crippen LogP contribution in [0, 0.1) is 11.3 Å². The van der Waals surface area contributed by atoms with Gasteiger partial charge in [-0.1, -0.05) is 0 Å². The first-order valence-corrected chi connectivity index (χ1v) is 10.5. The second kappa shape index (κ2) is 10.1. The summed E-state index contributed by atoms with van der Waals surface area (Å²) in [7, 11) is 0. The molecule has 2 heterocycles. The maximum Gasteiger partial charge on any atom is 0.307 e. The molecule has 1 aromatic carbocycles. The SMILES string of the molecule is CC(C)(C)OC(=O)C[C@@H]1C[C@@H](COc2ccc(-c3ncc(C(=N)N)s3)cc2)NC1=O.Cl. The van der Waals surface area contributed by atoms with Gasteiger partial charge in [0.25, 0.3) is 0 Å². The number of aromatic nitrogens is 1. The van der Waals surface area contributed by atoms with Gasteiger partial charge in [-0.3, -0.25) is 15.0 Å². The third kappa shape index (κ3) is 6.93. The summed E-state index contributed by atoms with van der Waals surface area (Å²) < 4.78 is 11.1. The predicted octanol–water partition coefficient (Wildman–Crippen LogP) is 3.13. The normalized spacial score (nSPS) is 18.1. The van der Waals surface area contributed by atoms with Crippen molar-refractivity contribution in [2.45, 2.75) is 45.3 Å². The van der Waals surface area contributed by atoms with Crippen LogP contribution in [0.3, 0.4) is 0 Å². The van der Waals surface area contributed by atoms with Crippen LogP contribution >= 0.6 is 23.7 Å². The fourth-order valence-corrected chi connectivity index (χ4v) is 3.90. The van der Waals surface area contributed by atoms with Crippen molar-refractivity contribution < 1.29 is 19.1 Å². The highest BCUT2D eigenvalue weighted by Crippen LogP contribution is 2.27. The number of nitrogens with zero attached hydrogens (tertiary/aromatic N) is 1. The van der Waals surface area contributed by atoms with Gasteiger partial charge in [0.1, 0.15) is 28.8 Å². The Kier molecular flexibility index (Phi) is 8.02. The number of amidine groups is 1. The third-order valence-electron chi connectivity index (χ3n) is 4.44. The summed E-state index contributed by atoms with van der Waals surface area (Å²) in [6.07, 6.45) is 2.19. The van der Waals surface area contributed by atoms with E-state index in [1.165, 1.54) is 11.3 Å². The Balaban J connectivity index is 0.00000341. The van der Waals surface area contributed by atoms with E-state index in [0.717, 1.165) is 10.6 Å². The van der Waals surface area contributed by atoms with E-state index in [1.54, 1.807) is 27.0 Å². The molecule has 0 radical (unpaired) electrons. The van der Waals surface area contributed by atoms with E-state index in [0.29, 0.717) is 23.7 Å². The summed E-state index contributed by atoms with van der Waals surface area (Å²) >= 11 is 1.36. The highest BCUT2D eigenvalue weighted by Gasteiger charge is 2.35. The molecule has 1 saturated heterocycles. The van der Waals surface area contributed by atoms with Gasteiger partial charge in [-0.15, -0.1) is 23.7 Å². The number of rotatable bonds is 7. The van der Waals surface area contributed by atoms with E-state index in [1.807, 2.05) is 24.3 Å². The zero-order chi connectivity index (χ0) is 21.9. The van der Waals surface area contributed by atoms with E-state index in [4.69, 9.17) is 20.6 Å². The van der Waals surface area contributed by atoms with Crippen molar-refractivity contribution in [3.8, 4) is 16.3 Å². The first kappa shape index (κ1) is 24.6. The molecular formula is C21H27ClN4O4S. The second-order valence-electron chi connectivity index (χ2n) is 8.21. The van der Waals surface area contributed by atoms with E-state index >= 15 is 0 Å². The maximum absolute atomic E-state index is 12.1. The molecule has 2 aromatic rings. The van der Waals surface area contributed by atoms with Gasteiger partial charge in [0.05, 0.1) is 23.3 Å². The van der Waals surface area contributed by atoms with Gasteiger partial charge in [0.15, 0.2) is 0 Å². The molecule has 0 saturated carbocycles. The number of nitrogen functional groups attached to an aromatic ring is 1. The number of nitrogens with one attached hydrogen (secondary N) is 2. The van der Waals surface area contributed by atoms with Crippen LogP contribution in [0.5, 0.6) is 5.75 Å². The van der Waals surface area contributed by atoms with Crippen molar-refractivity contribution in [1.29, 1.82) is 5.41 Å². The van der Waals surface area contributed by atoms with Crippen LogP contribution in [0.15, 0.2) is 30.5 Å². The van der Waals surface area contributed by atoms with Crippen molar-refractivity contribution in [1.82, 2.24) is 10.3 Å². The van der Waals surface area contributed by atoms with Crippen LogP contribution in [-0.4, -0.2) is 40.9 Å². The summed E-state index contributed by atoms with van der Waals surface area (Å²) in [4.78, 5) is 29.0. The van der Waals surface area contributed by atoms with Crippen LogP contribution in [0.25, 0.3) is 10.6 Å². The first-order chi connectivity index (χ1) is 14.1. The number of carbonyl (C=O) groups is 2. The van der Waals surface area contributed by atoms with Crippen molar-refractivity contribution in [2.24, 2.45) is 11.7 Å². The summed E-state index contributed by atoms with van der Waals surface area (Å²) in [5.41, 5.74) is 5.83. The minimum absolute atomic E-state index is 0. The average molecular weight is 467 g/mol. The predicted molar refractivity (Wildman–Crippen MR) is 122 cm³/mol. The summed E-state index contributed by atoms with van der Waals surface area (Å²) in [6.45, 7) is 5.73. The number of ether oxygens (including phenoxy) is 2. The van der Waals surface area contributed by atoms with Crippen LogP contribution < -0.4 is 15.8 Å². The highest BCUT2D eigenvalue weighted by molar-refractivity contribution is 7.16. The fraction of sp³-hybridized carbons (Fsp3) is 0.429. The molecule has 1 fully saturated rings. The molecule has 1 amide bonds. The van der Waals surface area contributed by atoms with Gasteiger partial charge >= 0.3 is 5.97 Å². The molecule has 3 rings (SSSR count). The first-order valence-electron chi connectivity index (χ1n) is 9.66. The Hall–Kier alpha value is -2.65. The zero-order valence-corrected chi connectivity index (χ0v) is 19.3. The molecule has 2 atom stereocenters. The van der Waals surface area contributed by atoms with Gasteiger partial charge < -0.3 is 20.5 Å².